The van der Waals surface area contributed by atoms with Gasteiger partial charge in [0, 0.05) is 13.2 Å². The quantitative estimate of drug-likeness (QED) is 0.747. The monoisotopic (exact) mass is 189 g/mol. The van der Waals surface area contributed by atoms with Crippen LogP contribution in [0.25, 0.3) is 10.9 Å². The van der Waals surface area contributed by atoms with E-state index in [1.54, 1.807) is 6.07 Å². The van der Waals surface area contributed by atoms with Gasteiger partial charge in [-0.05, 0) is 30.0 Å². The third kappa shape index (κ3) is 1.09. The number of aryl methyl sites for hydroxylation is 2. The molecule has 0 bridgehead atoms. The Hall–Kier alpha value is -1.77. The number of carboxylic acids is 1. The van der Waals surface area contributed by atoms with Crippen LogP contribution in [0.2, 0.25) is 0 Å². The normalized spacial score (nSPS) is 10.7. The van der Waals surface area contributed by atoms with E-state index in [0.717, 1.165) is 16.5 Å². The molecule has 0 saturated heterocycles. The highest BCUT2D eigenvalue weighted by molar-refractivity contribution is 5.96. The van der Waals surface area contributed by atoms with Gasteiger partial charge in [0.15, 0.2) is 0 Å². The maximum absolute atomic E-state index is 10.9. The Morgan fingerprint density at radius 2 is 2.07 bits per heavy atom. The summed E-state index contributed by atoms with van der Waals surface area (Å²) in [4.78, 5) is 10.9. The van der Waals surface area contributed by atoms with Crippen molar-refractivity contribution in [3.05, 3.63) is 35.5 Å². The lowest BCUT2D eigenvalue weighted by Gasteiger charge is -2.04. The average molecular weight is 189 g/mol. The van der Waals surface area contributed by atoms with E-state index in [9.17, 15) is 4.79 Å². The van der Waals surface area contributed by atoms with Crippen molar-refractivity contribution in [2.75, 3.05) is 0 Å². The summed E-state index contributed by atoms with van der Waals surface area (Å²) in [6, 6.07) is 5.47. The van der Waals surface area contributed by atoms with Gasteiger partial charge in [-0.3, -0.25) is 0 Å². The molecule has 0 unspecified atom stereocenters. The zero-order chi connectivity index (χ0) is 10.3. The van der Waals surface area contributed by atoms with Crippen molar-refractivity contribution in [2.45, 2.75) is 6.92 Å². The molecule has 1 heterocycles. The Labute approximate surface area is 81.6 Å². The lowest BCUT2D eigenvalue weighted by Crippen LogP contribution is -2.01. The number of fused-ring (bicyclic) bond motifs is 1. The fraction of sp³-hybridized carbons (Fsp3) is 0.182. The molecule has 3 heteroatoms. The van der Waals surface area contributed by atoms with Crippen molar-refractivity contribution in [1.82, 2.24) is 4.57 Å². The molecule has 1 N–H and O–H groups in total. The van der Waals surface area contributed by atoms with E-state index in [0.29, 0.717) is 5.56 Å². The van der Waals surface area contributed by atoms with Crippen LogP contribution >= 0.6 is 0 Å². The van der Waals surface area contributed by atoms with E-state index in [4.69, 9.17) is 5.11 Å². The first-order valence-electron chi connectivity index (χ1n) is 4.39. The molecule has 2 aromatic rings. The first-order valence-corrected chi connectivity index (χ1v) is 4.39. The predicted molar refractivity (Wildman–Crippen MR) is 54.6 cm³/mol. The van der Waals surface area contributed by atoms with E-state index in [1.807, 2.05) is 36.9 Å². The van der Waals surface area contributed by atoms with Crippen LogP contribution in [0.15, 0.2) is 24.4 Å². The van der Waals surface area contributed by atoms with E-state index < -0.39 is 5.97 Å². The van der Waals surface area contributed by atoms with Gasteiger partial charge in [0.25, 0.3) is 0 Å². The van der Waals surface area contributed by atoms with Gasteiger partial charge in [0.05, 0.1) is 11.1 Å². The van der Waals surface area contributed by atoms with Crippen molar-refractivity contribution >= 4 is 16.9 Å². The number of aromatic nitrogens is 1. The molecular formula is C11H11NO2. The average Bonchev–Trinajstić information content (AvgIpc) is 2.48. The SMILES string of the molecule is Cc1c(C(=O)O)ccc2ccn(C)c12. The van der Waals surface area contributed by atoms with E-state index in [-0.39, 0.29) is 0 Å². The number of rotatable bonds is 1. The number of carbonyl (C=O) groups is 1. The molecule has 14 heavy (non-hydrogen) atoms. The summed E-state index contributed by atoms with van der Waals surface area (Å²) in [6.45, 7) is 1.84. The van der Waals surface area contributed by atoms with E-state index in [2.05, 4.69) is 0 Å². The second kappa shape index (κ2) is 2.87. The van der Waals surface area contributed by atoms with Crippen LogP contribution in [0.3, 0.4) is 0 Å². The van der Waals surface area contributed by atoms with Crippen molar-refractivity contribution in [2.24, 2.45) is 7.05 Å². The second-order valence-corrected chi connectivity index (χ2v) is 3.41. The summed E-state index contributed by atoms with van der Waals surface area (Å²) in [5, 5.41) is 10.0. The van der Waals surface area contributed by atoms with Gasteiger partial charge in [0.2, 0.25) is 0 Å². The number of carboxylic acid groups (broad SMARTS) is 1. The summed E-state index contributed by atoms with van der Waals surface area (Å²) in [6.07, 6.45) is 1.93. The number of nitrogens with zero attached hydrogens (tertiary/aromatic N) is 1. The Bertz CT molecular complexity index is 511. The van der Waals surface area contributed by atoms with Crippen molar-refractivity contribution in [3.63, 3.8) is 0 Å². The Morgan fingerprint density at radius 1 is 1.36 bits per heavy atom. The lowest BCUT2D eigenvalue weighted by molar-refractivity contribution is 0.0696. The topological polar surface area (TPSA) is 42.2 Å². The Balaban J connectivity index is 2.86. The van der Waals surface area contributed by atoms with Crippen molar-refractivity contribution in [3.8, 4) is 0 Å². The maximum Gasteiger partial charge on any atom is 0.336 e. The van der Waals surface area contributed by atoms with Gasteiger partial charge in [-0.2, -0.15) is 0 Å². The third-order valence-corrected chi connectivity index (χ3v) is 2.52. The van der Waals surface area contributed by atoms with Gasteiger partial charge in [-0.15, -0.1) is 0 Å². The molecule has 1 aromatic heterocycles. The van der Waals surface area contributed by atoms with Crippen LogP contribution in [-0.4, -0.2) is 15.6 Å². The molecule has 0 atom stereocenters. The second-order valence-electron chi connectivity index (χ2n) is 3.41. The number of hydrogen-bond donors (Lipinski definition) is 1. The minimum absolute atomic E-state index is 0.374. The Kier molecular flexibility index (Phi) is 1.81. The van der Waals surface area contributed by atoms with Crippen molar-refractivity contribution in [1.29, 1.82) is 0 Å². The molecule has 0 radical (unpaired) electrons. The molecule has 72 valence electrons. The number of hydrogen-bond acceptors (Lipinski definition) is 1. The zero-order valence-corrected chi connectivity index (χ0v) is 8.11. The van der Waals surface area contributed by atoms with Crippen LogP contribution in [0, 0.1) is 6.92 Å². The fourth-order valence-electron chi connectivity index (χ4n) is 1.82. The predicted octanol–water partition coefficient (Wildman–Crippen LogP) is 2.18. The first kappa shape index (κ1) is 8.81. The summed E-state index contributed by atoms with van der Waals surface area (Å²) in [7, 11) is 1.92. The molecule has 0 amide bonds. The summed E-state index contributed by atoms with van der Waals surface area (Å²) >= 11 is 0. The zero-order valence-electron chi connectivity index (χ0n) is 8.11. The smallest absolute Gasteiger partial charge is 0.336 e. The molecular weight excluding hydrogens is 178 g/mol. The Morgan fingerprint density at radius 3 is 2.71 bits per heavy atom. The van der Waals surface area contributed by atoms with Gasteiger partial charge < -0.3 is 9.67 Å². The maximum atomic E-state index is 10.9. The summed E-state index contributed by atoms with van der Waals surface area (Å²) in [5.41, 5.74) is 2.19. The van der Waals surface area contributed by atoms with Crippen LogP contribution in [0.1, 0.15) is 15.9 Å². The lowest BCUT2D eigenvalue weighted by atomic mass is 10.1. The fourth-order valence-corrected chi connectivity index (χ4v) is 1.82. The number of aromatic carboxylic acids is 1. The third-order valence-electron chi connectivity index (χ3n) is 2.52. The van der Waals surface area contributed by atoms with Crippen molar-refractivity contribution < 1.29 is 9.90 Å². The van der Waals surface area contributed by atoms with Gasteiger partial charge in [-0.25, -0.2) is 4.79 Å². The highest BCUT2D eigenvalue weighted by Crippen LogP contribution is 2.22. The molecule has 0 aliphatic rings. The standard InChI is InChI=1S/C11H11NO2/c1-7-9(11(13)14)4-3-8-5-6-12(2)10(7)8/h3-6H,1-2H3,(H,13,14). The van der Waals surface area contributed by atoms with Crippen LogP contribution in [0.4, 0.5) is 0 Å². The van der Waals surface area contributed by atoms with Gasteiger partial charge >= 0.3 is 5.97 Å². The van der Waals surface area contributed by atoms with Gasteiger partial charge in [-0.1, -0.05) is 6.07 Å². The highest BCUT2D eigenvalue weighted by Gasteiger charge is 2.11. The molecule has 2 rings (SSSR count). The van der Waals surface area contributed by atoms with E-state index in [1.165, 1.54) is 0 Å². The molecule has 0 aliphatic heterocycles. The number of benzene rings is 1. The summed E-state index contributed by atoms with van der Waals surface area (Å²) < 4.78 is 1.94. The summed E-state index contributed by atoms with van der Waals surface area (Å²) in [5.74, 6) is -0.870. The minimum Gasteiger partial charge on any atom is -0.478 e. The first-order chi connectivity index (χ1) is 6.61. The van der Waals surface area contributed by atoms with E-state index >= 15 is 0 Å². The largest absolute Gasteiger partial charge is 0.478 e. The molecule has 0 saturated carbocycles. The van der Waals surface area contributed by atoms with Crippen LogP contribution < -0.4 is 0 Å². The van der Waals surface area contributed by atoms with Crippen LogP contribution in [-0.2, 0) is 7.05 Å². The highest BCUT2D eigenvalue weighted by atomic mass is 16.4. The molecule has 0 fully saturated rings. The van der Waals surface area contributed by atoms with Crippen LogP contribution in [0.5, 0.6) is 0 Å². The molecule has 0 spiro atoms. The molecule has 0 aliphatic carbocycles. The molecule has 3 nitrogen and oxygen atoms in total. The molecule has 1 aromatic carbocycles. The minimum atomic E-state index is -0.870. The van der Waals surface area contributed by atoms with Gasteiger partial charge in [0.1, 0.15) is 0 Å².